The van der Waals surface area contributed by atoms with E-state index in [0.717, 1.165) is 5.59 Å². The van der Waals surface area contributed by atoms with Gasteiger partial charge >= 0.3 is 0 Å². The van der Waals surface area contributed by atoms with Crippen LogP contribution >= 0.6 is 0 Å². The van der Waals surface area contributed by atoms with Crippen molar-refractivity contribution in [3.05, 3.63) is 20.8 Å². The van der Waals surface area contributed by atoms with Crippen LogP contribution in [-0.4, -0.2) is 15.5 Å². The molecule has 0 fully saturated rings. The molecular formula is H4N7O4-3. The highest BCUT2D eigenvalue weighted by molar-refractivity contribution is 4.37. The maximum Gasteiger partial charge on any atom is 0.108 e. The third-order valence-electron chi connectivity index (χ3n) is 0.503. The Balaban J connectivity index is 3.68. The molecule has 11 heavy (non-hydrogen) atoms. The minimum atomic E-state index is -1.14. The number of hydrogen-bond acceptors (Lipinski definition) is 9. The molecule has 0 bridgehead atoms. The quantitative estimate of drug-likeness (QED) is 0.237. The van der Waals surface area contributed by atoms with Crippen molar-refractivity contribution < 1.29 is 5.02 Å². The summed E-state index contributed by atoms with van der Waals surface area (Å²) in [5.74, 6) is 4.65. The van der Waals surface area contributed by atoms with Gasteiger partial charge in [-0.3, -0.25) is 0 Å². The van der Waals surface area contributed by atoms with E-state index < -0.39 is 10.3 Å². The van der Waals surface area contributed by atoms with Crippen molar-refractivity contribution >= 4 is 0 Å². The second-order valence-electron chi connectivity index (χ2n) is 1.15. The minimum Gasteiger partial charge on any atom is -0.774 e. The predicted octanol–water partition coefficient (Wildman–Crippen LogP) is -2.24. The van der Waals surface area contributed by atoms with Crippen molar-refractivity contribution in [1.29, 1.82) is 0 Å². The number of nitrogens with one attached hydrogen (secondary N) is 2. The van der Waals surface area contributed by atoms with E-state index in [0.29, 0.717) is 0 Å². The highest BCUT2D eigenvalue weighted by Gasteiger charge is 1.97. The van der Waals surface area contributed by atoms with Crippen molar-refractivity contribution in [3.63, 3.8) is 0 Å². The summed E-state index contributed by atoms with van der Waals surface area (Å²) in [6.45, 7) is 0. The first kappa shape index (κ1) is 9.76. The Kier molecular flexibility index (Phi) is 4.04. The Morgan fingerprint density at radius 2 is 2.00 bits per heavy atom. The number of nitrogens with two attached hydrogens (primary N) is 1. The summed E-state index contributed by atoms with van der Waals surface area (Å²) in [5.41, 5.74) is 2.19. The van der Waals surface area contributed by atoms with Gasteiger partial charge < -0.3 is 26.4 Å². The SMILES string of the molecule is NN(NN=[N+]([O-])[O-])N([O-])N[O-]. The van der Waals surface area contributed by atoms with Gasteiger partial charge in [-0.05, 0) is 0 Å². The lowest BCUT2D eigenvalue weighted by Crippen LogP contribution is -2.55. The van der Waals surface area contributed by atoms with E-state index in [9.17, 15) is 20.8 Å². The molecule has 4 N–H and O–H groups in total. The van der Waals surface area contributed by atoms with Crippen molar-refractivity contribution in [2.24, 2.45) is 11.1 Å². The van der Waals surface area contributed by atoms with Crippen LogP contribution in [0.3, 0.4) is 0 Å². The van der Waals surface area contributed by atoms with Gasteiger partial charge in [0.1, 0.15) is 5.22 Å². The molecule has 0 aromatic rings. The fourth-order valence-electron chi connectivity index (χ4n) is 0.167. The van der Waals surface area contributed by atoms with E-state index in [4.69, 9.17) is 0 Å². The van der Waals surface area contributed by atoms with Gasteiger partial charge in [0, 0.05) is 5.23 Å². The maximum atomic E-state index is 10.1. The zero-order chi connectivity index (χ0) is 8.85. The van der Waals surface area contributed by atoms with Crippen LogP contribution in [0, 0.1) is 20.8 Å². The highest BCUT2D eigenvalue weighted by atomic mass is 16.8. The van der Waals surface area contributed by atoms with E-state index in [1.807, 2.05) is 0 Å². The van der Waals surface area contributed by atoms with Crippen LogP contribution < -0.4 is 17.0 Å². The van der Waals surface area contributed by atoms with Gasteiger partial charge in [0.2, 0.25) is 0 Å². The van der Waals surface area contributed by atoms with E-state index in [1.165, 1.54) is 5.53 Å². The second kappa shape index (κ2) is 4.56. The van der Waals surface area contributed by atoms with Crippen LogP contribution in [0.4, 0.5) is 0 Å². The molecule has 0 aromatic heterocycles. The fraction of sp³-hybridized carbons (Fsp3) is 0. The van der Waals surface area contributed by atoms with Crippen molar-refractivity contribution in [2.75, 3.05) is 0 Å². The standard InChI is InChI=1S/H4N7O4/c1-5(6(9)4-8)2-3-7(10)11/h2,4H,1H2/q-3. The smallest absolute Gasteiger partial charge is 0.108 e. The molecule has 0 amide bonds. The highest BCUT2D eigenvalue weighted by Crippen LogP contribution is 1.76. The molecule has 0 heterocycles. The molecule has 11 heteroatoms. The molecule has 0 saturated carbocycles. The average molecular weight is 166 g/mol. The summed E-state index contributed by atoms with van der Waals surface area (Å²) in [7, 11) is 0. The van der Waals surface area contributed by atoms with Crippen LogP contribution in [0.25, 0.3) is 0 Å². The van der Waals surface area contributed by atoms with Crippen molar-refractivity contribution in [3.8, 4) is 0 Å². The Bertz CT molecular complexity index is 128. The molecule has 0 spiro atoms. The number of hydrazine groups is 4. The monoisotopic (exact) mass is 166 g/mol. The van der Waals surface area contributed by atoms with E-state index in [1.54, 1.807) is 0 Å². The van der Waals surface area contributed by atoms with Gasteiger partial charge in [0.05, 0.1) is 0 Å². The molecule has 0 saturated heterocycles. The molecule has 11 nitrogen and oxygen atoms in total. The maximum absolute atomic E-state index is 10.1. The van der Waals surface area contributed by atoms with Crippen LogP contribution in [0.5, 0.6) is 0 Å². The zero-order valence-electron chi connectivity index (χ0n) is 5.00. The van der Waals surface area contributed by atoms with E-state index >= 15 is 0 Å². The number of nitrogens with zero attached hydrogens (tertiary/aromatic N) is 4. The van der Waals surface area contributed by atoms with E-state index in [-0.39, 0.29) is 5.23 Å². The summed E-state index contributed by atoms with van der Waals surface area (Å²) >= 11 is 0. The molecule has 0 atom stereocenters. The van der Waals surface area contributed by atoms with Gasteiger partial charge in [-0.25, -0.2) is 11.1 Å². The van der Waals surface area contributed by atoms with Gasteiger partial charge in [-0.15, -0.1) is 0 Å². The molecule has 0 aliphatic heterocycles. The second-order valence-corrected chi connectivity index (χ2v) is 1.15. The summed E-state index contributed by atoms with van der Waals surface area (Å²) in [6, 6.07) is 0. The van der Waals surface area contributed by atoms with Gasteiger partial charge in [-0.1, -0.05) is 5.53 Å². The molecule has 0 radical (unpaired) electrons. The lowest BCUT2D eigenvalue weighted by molar-refractivity contribution is -0.471. The third kappa shape index (κ3) is 4.20. The van der Waals surface area contributed by atoms with Crippen LogP contribution in [0.1, 0.15) is 0 Å². The van der Waals surface area contributed by atoms with Gasteiger partial charge in [0.15, 0.2) is 0 Å². The first-order valence-corrected chi connectivity index (χ1v) is 2.08. The zero-order valence-corrected chi connectivity index (χ0v) is 5.00. The predicted molar refractivity (Wildman–Crippen MR) is 30.3 cm³/mol. The molecule has 0 aliphatic rings. The summed E-state index contributed by atoms with van der Waals surface area (Å²) in [5, 5.41) is 39.2. The van der Waals surface area contributed by atoms with Gasteiger partial charge in [0.25, 0.3) is 0 Å². The molecular weight excluding hydrogens is 162 g/mol. The summed E-state index contributed by atoms with van der Waals surface area (Å²) < 4.78 is 0. The molecule has 0 aliphatic carbocycles. The normalized spacial score (nSPS) is 10.3. The Morgan fingerprint density at radius 3 is 2.36 bits per heavy atom. The average Bonchev–Trinajstić information content (AvgIpc) is 1.98. The lowest BCUT2D eigenvalue weighted by Gasteiger charge is -2.34. The summed E-state index contributed by atoms with van der Waals surface area (Å²) in [4.78, 5) is 0. The molecule has 0 rings (SSSR count). The third-order valence-corrected chi connectivity index (χ3v) is 0.503. The lowest BCUT2D eigenvalue weighted by atomic mass is 12.0. The number of hydrogen-bond donors (Lipinski definition) is 3. The van der Waals surface area contributed by atoms with Gasteiger partial charge in [-0.2, -0.15) is 5.02 Å². The van der Waals surface area contributed by atoms with Crippen molar-refractivity contribution in [2.45, 2.75) is 0 Å². The summed E-state index contributed by atoms with van der Waals surface area (Å²) in [6.07, 6.45) is 0. The Labute approximate surface area is 59.8 Å². The van der Waals surface area contributed by atoms with E-state index in [2.05, 4.69) is 11.1 Å². The van der Waals surface area contributed by atoms with Crippen molar-refractivity contribution in [1.82, 2.24) is 21.6 Å². The number of rotatable bonds is 4. The van der Waals surface area contributed by atoms with Crippen LogP contribution in [0.2, 0.25) is 0 Å². The first-order chi connectivity index (χ1) is 5.07. The molecule has 0 unspecified atom stereocenters. The Morgan fingerprint density at radius 1 is 1.45 bits per heavy atom. The fourth-order valence-corrected chi connectivity index (χ4v) is 0.167. The topological polar surface area (TPSA) is 164 Å². The molecule has 0 aromatic carbocycles. The minimum absolute atomic E-state index is 0.0597. The largest absolute Gasteiger partial charge is 0.774 e. The first-order valence-electron chi connectivity index (χ1n) is 2.08. The van der Waals surface area contributed by atoms with Crippen LogP contribution in [0.15, 0.2) is 5.22 Å². The Hall–Kier alpha value is -1.24. The molecule has 66 valence electrons. The van der Waals surface area contributed by atoms with Crippen LogP contribution in [-0.2, 0) is 0 Å².